The molecule has 1 aromatic carbocycles. The quantitative estimate of drug-likeness (QED) is 0.794. The lowest BCUT2D eigenvalue weighted by atomic mass is 10.1. The molecule has 0 bridgehead atoms. The molecule has 126 valence electrons. The molecule has 1 atom stereocenters. The molecule has 1 aromatic heterocycles. The average Bonchev–Trinajstić information content (AvgIpc) is 2.51. The van der Waals surface area contributed by atoms with Crippen molar-refractivity contribution in [3.8, 4) is 0 Å². The largest absolute Gasteiger partial charge is 0.480 e. The molecule has 24 heavy (non-hydrogen) atoms. The predicted molar refractivity (Wildman–Crippen MR) is 87.3 cm³/mol. The topological polar surface area (TPSA) is 92.2 Å². The Labute approximate surface area is 138 Å². The number of aromatic nitrogens is 2. The molecule has 1 unspecified atom stereocenters. The third-order valence-electron chi connectivity index (χ3n) is 3.65. The summed E-state index contributed by atoms with van der Waals surface area (Å²) in [6, 6.07) is 1.14. The highest BCUT2D eigenvalue weighted by atomic mass is 19.1. The van der Waals surface area contributed by atoms with Crippen LogP contribution in [-0.4, -0.2) is 33.0 Å². The number of benzene rings is 1. The van der Waals surface area contributed by atoms with Crippen LogP contribution in [0.3, 0.4) is 0 Å². The van der Waals surface area contributed by atoms with Crippen LogP contribution in [0.4, 0.5) is 4.39 Å². The van der Waals surface area contributed by atoms with Crippen LogP contribution < -0.4 is 5.32 Å². The number of fused-ring (bicyclic) bond motifs is 1. The van der Waals surface area contributed by atoms with E-state index in [1.165, 1.54) is 6.07 Å². The number of allylic oxidation sites excluding steroid dienone is 1. The third kappa shape index (κ3) is 3.73. The van der Waals surface area contributed by atoms with Crippen molar-refractivity contribution >= 4 is 22.9 Å². The second-order valence-electron chi connectivity index (χ2n) is 5.45. The Morgan fingerprint density at radius 1 is 1.33 bits per heavy atom. The molecule has 0 aliphatic rings. The van der Waals surface area contributed by atoms with E-state index in [1.54, 1.807) is 19.9 Å². The van der Waals surface area contributed by atoms with Crippen molar-refractivity contribution in [2.24, 2.45) is 0 Å². The zero-order chi connectivity index (χ0) is 17.9. The lowest BCUT2D eigenvalue weighted by Crippen LogP contribution is -2.40. The molecule has 0 radical (unpaired) electrons. The van der Waals surface area contributed by atoms with Crippen LogP contribution in [0.15, 0.2) is 24.8 Å². The van der Waals surface area contributed by atoms with Crippen molar-refractivity contribution in [3.05, 3.63) is 47.6 Å². The zero-order valence-corrected chi connectivity index (χ0v) is 13.5. The molecule has 7 heteroatoms. The van der Waals surface area contributed by atoms with Crippen LogP contribution in [0.1, 0.15) is 34.6 Å². The van der Waals surface area contributed by atoms with Crippen molar-refractivity contribution in [1.29, 1.82) is 0 Å². The highest BCUT2D eigenvalue weighted by Crippen LogP contribution is 2.19. The molecule has 0 fully saturated rings. The number of carbonyl (C=O) groups excluding carboxylic acids is 1. The summed E-state index contributed by atoms with van der Waals surface area (Å²) in [5.41, 5.74) is 1.70. The van der Waals surface area contributed by atoms with Crippen LogP contribution in [-0.2, 0) is 4.79 Å². The molecule has 2 N–H and O–H groups in total. The minimum absolute atomic E-state index is 0.0366. The summed E-state index contributed by atoms with van der Waals surface area (Å²) in [6.45, 7) is 7.00. The van der Waals surface area contributed by atoms with E-state index >= 15 is 0 Å². The second kappa shape index (κ2) is 7.16. The van der Waals surface area contributed by atoms with Gasteiger partial charge in [0.15, 0.2) is 0 Å². The molecule has 1 heterocycles. The molecular formula is C17H18FN3O3. The van der Waals surface area contributed by atoms with E-state index in [4.69, 9.17) is 0 Å². The first-order valence-electron chi connectivity index (χ1n) is 7.42. The van der Waals surface area contributed by atoms with Crippen LogP contribution in [0, 0.1) is 19.7 Å². The number of carboxylic acid groups (broad SMARTS) is 1. The highest BCUT2D eigenvalue weighted by Gasteiger charge is 2.22. The van der Waals surface area contributed by atoms with Gasteiger partial charge in [-0.2, -0.15) is 0 Å². The number of hydrogen-bond acceptors (Lipinski definition) is 4. The number of amides is 1. The van der Waals surface area contributed by atoms with Gasteiger partial charge in [0.2, 0.25) is 0 Å². The molecule has 0 saturated heterocycles. The summed E-state index contributed by atoms with van der Waals surface area (Å²) in [5, 5.41) is 11.6. The van der Waals surface area contributed by atoms with Gasteiger partial charge in [0.25, 0.3) is 5.91 Å². The van der Waals surface area contributed by atoms with Gasteiger partial charge in [-0.15, -0.1) is 6.58 Å². The molecule has 2 rings (SSSR count). The van der Waals surface area contributed by atoms with Crippen molar-refractivity contribution in [2.75, 3.05) is 0 Å². The lowest BCUT2D eigenvalue weighted by Gasteiger charge is -2.15. The Morgan fingerprint density at radius 3 is 2.62 bits per heavy atom. The van der Waals surface area contributed by atoms with Gasteiger partial charge in [0, 0.05) is 6.07 Å². The minimum atomic E-state index is -1.16. The number of nitrogens with one attached hydrogen (secondary N) is 1. The Bertz CT molecular complexity index is 820. The van der Waals surface area contributed by atoms with Gasteiger partial charge in [0.05, 0.1) is 22.5 Å². The maximum atomic E-state index is 13.8. The standard InChI is InChI=1S/C17H18FN3O3/c1-4-5-6-13(17(23)24)21-16(22)12-7-11(18)8-14-15(12)20-10(3)9(2)19-14/h4,7-8,13H,1,5-6H2,2-3H3,(H,21,22)(H,23,24). The molecular weight excluding hydrogens is 313 g/mol. The third-order valence-corrected chi connectivity index (χ3v) is 3.65. The van der Waals surface area contributed by atoms with Crippen LogP contribution >= 0.6 is 0 Å². The van der Waals surface area contributed by atoms with Crippen LogP contribution in [0.5, 0.6) is 0 Å². The summed E-state index contributed by atoms with van der Waals surface area (Å²) in [7, 11) is 0. The maximum Gasteiger partial charge on any atom is 0.326 e. The molecule has 1 amide bonds. The molecule has 6 nitrogen and oxygen atoms in total. The van der Waals surface area contributed by atoms with Crippen molar-refractivity contribution in [1.82, 2.24) is 15.3 Å². The van der Waals surface area contributed by atoms with E-state index < -0.39 is 23.7 Å². The van der Waals surface area contributed by atoms with Crippen LogP contribution in [0.25, 0.3) is 11.0 Å². The van der Waals surface area contributed by atoms with E-state index in [-0.39, 0.29) is 23.0 Å². The molecule has 0 aliphatic heterocycles. The van der Waals surface area contributed by atoms with Gasteiger partial charge < -0.3 is 10.4 Å². The number of rotatable bonds is 6. The Kier molecular flexibility index (Phi) is 5.23. The highest BCUT2D eigenvalue weighted by molar-refractivity contribution is 6.05. The predicted octanol–water partition coefficient (Wildman–Crippen LogP) is 2.53. The normalized spacial score (nSPS) is 12.0. The van der Waals surface area contributed by atoms with E-state index in [1.807, 2.05) is 0 Å². The van der Waals surface area contributed by atoms with Gasteiger partial charge in [-0.25, -0.2) is 19.2 Å². The first-order chi connectivity index (χ1) is 11.3. The fourth-order valence-corrected chi connectivity index (χ4v) is 2.25. The number of carboxylic acids is 1. The fourth-order valence-electron chi connectivity index (χ4n) is 2.25. The zero-order valence-electron chi connectivity index (χ0n) is 13.5. The van der Waals surface area contributed by atoms with Gasteiger partial charge in [-0.05, 0) is 32.8 Å². The Hall–Kier alpha value is -2.83. The second-order valence-corrected chi connectivity index (χ2v) is 5.45. The SMILES string of the molecule is C=CCCC(NC(=O)c1cc(F)cc2nc(C)c(C)nc12)C(=O)O. The summed E-state index contributed by atoms with van der Waals surface area (Å²) >= 11 is 0. The van der Waals surface area contributed by atoms with Gasteiger partial charge >= 0.3 is 5.97 Å². The van der Waals surface area contributed by atoms with Gasteiger partial charge in [-0.1, -0.05) is 6.08 Å². The summed E-state index contributed by atoms with van der Waals surface area (Å²) in [5.74, 6) is -2.50. The van der Waals surface area contributed by atoms with E-state index in [0.717, 1.165) is 6.07 Å². The van der Waals surface area contributed by atoms with Gasteiger partial charge in [0.1, 0.15) is 17.4 Å². The van der Waals surface area contributed by atoms with Crippen LogP contribution in [0.2, 0.25) is 0 Å². The van der Waals surface area contributed by atoms with Gasteiger partial charge in [-0.3, -0.25) is 4.79 Å². The molecule has 0 aliphatic carbocycles. The van der Waals surface area contributed by atoms with E-state index in [2.05, 4.69) is 21.9 Å². The number of nitrogens with zero attached hydrogens (tertiary/aromatic N) is 2. The van der Waals surface area contributed by atoms with Crippen molar-refractivity contribution < 1.29 is 19.1 Å². The Balaban J connectivity index is 2.43. The Morgan fingerprint density at radius 2 is 2.00 bits per heavy atom. The fraction of sp³-hybridized carbons (Fsp3) is 0.294. The van der Waals surface area contributed by atoms with Crippen molar-refractivity contribution in [2.45, 2.75) is 32.7 Å². The number of halogens is 1. The summed E-state index contributed by atoms with van der Waals surface area (Å²) in [4.78, 5) is 32.2. The number of hydrogen-bond donors (Lipinski definition) is 2. The number of aliphatic carboxylic acids is 1. The lowest BCUT2D eigenvalue weighted by molar-refractivity contribution is -0.139. The van der Waals surface area contributed by atoms with Crippen molar-refractivity contribution in [3.63, 3.8) is 0 Å². The van der Waals surface area contributed by atoms with E-state index in [0.29, 0.717) is 17.8 Å². The average molecular weight is 331 g/mol. The molecule has 2 aromatic rings. The number of carbonyl (C=O) groups is 2. The first-order valence-corrected chi connectivity index (χ1v) is 7.42. The number of aryl methyl sites for hydroxylation is 2. The summed E-state index contributed by atoms with van der Waals surface area (Å²) in [6.07, 6.45) is 2.19. The minimum Gasteiger partial charge on any atom is -0.480 e. The maximum absolute atomic E-state index is 13.8. The smallest absolute Gasteiger partial charge is 0.326 e. The summed E-state index contributed by atoms with van der Waals surface area (Å²) < 4.78 is 13.8. The van der Waals surface area contributed by atoms with E-state index in [9.17, 15) is 19.1 Å². The molecule has 0 saturated carbocycles. The first kappa shape index (κ1) is 17.5. The monoisotopic (exact) mass is 331 g/mol. The molecule has 0 spiro atoms.